The molecule has 2 aliphatic heterocycles. The van der Waals surface area contributed by atoms with Crippen molar-refractivity contribution in [2.75, 3.05) is 31.8 Å². The smallest absolute Gasteiger partial charge is 0.274 e. The molecule has 0 saturated carbocycles. The number of fused-ring (bicyclic) bond motifs is 4. The number of rotatable bonds is 3. The number of nitrogens with one attached hydrogen (secondary N) is 1. The third-order valence-corrected chi connectivity index (χ3v) is 7.06. The zero-order valence-electron chi connectivity index (χ0n) is 18.6. The van der Waals surface area contributed by atoms with Gasteiger partial charge in [0.05, 0.1) is 29.9 Å². The fourth-order valence-electron chi connectivity index (χ4n) is 5.13. The lowest BCUT2D eigenvalue weighted by atomic mass is 9.99. The molecule has 4 heterocycles. The highest BCUT2D eigenvalue weighted by atomic mass is 35.5. The fraction of sp³-hybridized carbons (Fsp3) is 0.320. The quantitative estimate of drug-likeness (QED) is 0.482. The first-order valence-electron chi connectivity index (χ1n) is 11.3. The van der Waals surface area contributed by atoms with E-state index in [-0.39, 0.29) is 17.4 Å². The molecule has 9 heteroatoms. The molecule has 1 amide bonds. The van der Waals surface area contributed by atoms with Gasteiger partial charge in [0.1, 0.15) is 17.1 Å². The summed E-state index contributed by atoms with van der Waals surface area (Å²) >= 11 is 6.13. The summed E-state index contributed by atoms with van der Waals surface area (Å²) in [7, 11) is 1.55. The zero-order valence-corrected chi connectivity index (χ0v) is 19.4. The topological polar surface area (TPSA) is 88.9 Å². The number of carbonyl (C=O) groups is 1. The number of H-pyrrole nitrogens is 1. The molecule has 0 aliphatic carbocycles. The zero-order chi connectivity index (χ0) is 23.4. The first kappa shape index (κ1) is 21.2. The maximum absolute atomic E-state index is 13.6. The van der Waals surface area contributed by atoms with Crippen LogP contribution in [0.1, 0.15) is 40.5 Å². The van der Waals surface area contributed by atoms with Crippen LogP contribution in [0.2, 0.25) is 5.02 Å². The van der Waals surface area contributed by atoms with Gasteiger partial charge in [0.2, 0.25) is 0 Å². The van der Waals surface area contributed by atoms with Gasteiger partial charge in [0.25, 0.3) is 11.5 Å². The normalized spacial score (nSPS) is 16.4. The van der Waals surface area contributed by atoms with Gasteiger partial charge in [-0.15, -0.1) is 0 Å². The molecule has 2 aromatic heterocycles. The molecule has 1 saturated heterocycles. The van der Waals surface area contributed by atoms with Crippen LogP contribution in [0.15, 0.2) is 41.3 Å². The molecule has 0 spiro atoms. The maximum Gasteiger partial charge on any atom is 0.274 e. The Morgan fingerprint density at radius 1 is 1.21 bits per heavy atom. The van der Waals surface area contributed by atoms with Crippen LogP contribution in [0.5, 0.6) is 5.75 Å². The van der Waals surface area contributed by atoms with E-state index in [1.54, 1.807) is 30.3 Å². The van der Waals surface area contributed by atoms with Gasteiger partial charge in [-0.25, -0.2) is 4.98 Å². The second-order valence-electron chi connectivity index (χ2n) is 8.73. The van der Waals surface area contributed by atoms with E-state index in [1.807, 2.05) is 22.6 Å². The highest BCUT2D eigenvalue weighted by molar-refractivity contribution is 6.30. The van der Waals surface area contributed by atoms with Crippen molar-refractivity contribution in [1.29, 1.82) is 0 Å². The molecular weight excluding hydrogens is 456 g/mol. The van der Waals surface area contributed by atoms with Crippen LogP contribution in [-0.4, -0.2) is 47.1 Å². The predicted molar refractivity (Wildman–Crippen MR) is 129 cm³/mol. The van der Waals surface area contributed by atoms with Gasteiger partial charge in [-0.1, -0.05) is 11.6 Å². The summed E-state index contributed by atoms with van der Waals surface area (Å²) in [5.41, 5.74) is 3.80. The number of aromatic nitrogens is 3. The Balaban J connectivity index is 1.50. The number of carbonyl (C=O) groups excluding carboxylic acids is 1. The SMILES string of the molecule is COc1cc2c(cc1C(=O)N1CCc3cc(Cl)ccc31)[nH]c(=O)c1cnc(C3CCOCC3)n12. The fourth-order valence-corrected chi connectivity index (χ4v) is 5.32. The molecule has 0 unspecified atom stereocenters. The van der Waals surface area contributed by atoms with Gasteiger partial charge >= 0.3 is 0 Å². The van der Waals surface area contributed by atoms with Crippen molar-refractivity contribution in [2.24, 2.45) is 0 Å². The summed E-state index contributed by atoms with van der Waals surface area (Å²) in [5.74, 6) is 1.29. The van der Waals surface area contributed by atoms with E-state index in [2.05, 4.69) is 9.97 Å². The molecule has 34 heavy (non-hydrogen) atoms. The van der Waals surface area contributed by atoms with Gasteiger partial charge < -0.3 is 19.4 Å². The van der Waals surface area contributed by atoms with Crippen LogP contribution in [0.4, 0.5) is 5.69 Å². The van der Waals surface area contributed by atoms with Crippen molar-refractivity contribution in [3.05, 3.63) is 68.9 Å². The number of hydrogen-bond acceptors (Lipinski definition) is 5. The molecule has 0 atom stereocenters. The van der Waals surface area contributed by atoms with Crippen LogP contribution < -0.4 is 15.2 Å². The Morgan fingerprint density at radius 3 is 2.82 bits per heavy atom. The number of hydrogen-bond donors (Lipinski definition) is 1. The van der Waals surface area contributed by atoms with E-state index in [0.29, 0.717) is 47.1 Å². The number of benzene rings is 2. The molecule has 1 N–H and O–H groups in total. The van der Waals surface area contributed by atoms with Crippen molar-refractivity contribution in [2.45, 2.75) is 25.2 Å². The first-order chi connectivity index (χ1) is 16.5. The van der Waals surface area contributed by atoms with Gasteiger partial charge in [0.15, 0.2) is 0 Å². The van der Waals surface area contributed by atoms with E-state index in [1.165, 1.54) is 0 Å². The Hall–Kier alpha value is -3.36. The lowest BCUT2D eigenvalue weighted by Gasteiger charge is -2.22. The first-order valence-corrected chi connectivity index (χ1v) is 11.7. The molecule has 0 bridgehead atoms. The summed E-state index contributed by atoms with van der Waals surface area (Å²) in [5, 5.41) is 0.651. The van der Waals surface area contributed by atoms with Crippen molar-refractivity contribution < 1.29 is 14.3 Å². The maximum atomic E-state index is 13.6. The van der Waals surface area contributed by atoms with Gasteiger partial charge in [-0.3, -0.25) is 14.0 Å². The third-order valence-electron chi connectivity index (χ3n) is 6.83. The van der Waals surface area contributed by atoms with E-state index >= 15 is 0 Å². The van der Waals surface area contributed by atoms with Crippen molar-refractivity contribution in [3.8, 4) is 5.75 Å². The average Bonchev–Trinajstić information content (AvgIpc) is 3.48. The average molecular weight is 479 g/mol. The highest BCUT2D eigenvalue weighted by Crippen LogP contribution is 2.35. The Labute approximate surface area is 200 Å². The van der Waals surface area contributed by atoms with Crippen LogP contribution in [-0.2, 0) is 11.2 Å². The number of anilines is 1. The van der Waals surface area contributed by atoms with Crippen molar-refractivity contribution >= 4 is 39.7 Å². The largest absolute Gasteiger partial charge is 0.496 e. The summed E-state index contributed by atoms with van der Waals surface area (Å²) < 4.78 is 13.1. The Kier molecular flexibility index (Phi) is 5.08. The summed E-state index contributed by atoms with van der Waals surface area (Å²) in [6, 6.07) is 9.07. The number of methoxy groups -OCH3 is 1. The minimum Gasteiger partial charge on any atom is -0.496 e. The molecule has 0 radical (unpaired) electrons. The lowest BCUT2D eigenvalue weighted by Crippen LogP contribution is -2.29. The minimum absolute atomic E-state index is 0.184. The standard InChI is InChI=1S/C25H23ClN4O4/c1-33-22-12-20-18(11-17(22)25(32)29-7-4-15-10-16(26)2-3-19(15)29)28-24(31)21-13-27-23(30(20)21)14-5-8-34-9-6-14/h2-3,10-14H,4-9H2,1H3,(H,28,31). The molecule has 1 fully saturated rings. The molecule has 2 aromatic carbocycles. The number of aromatic amines is 1. The van der Waals surface area contributed by atoms with E-state index < -0.39 is 0 Å². The predicted octanol–water partition coefficient (Wildman–Crippen LogP) is 3.93. The second-order valence-corrected chi connectivity index (χ2v) is 9.16. The second kappa shape index (κ2) is 8.14. The molecular formula is C25H23ClN4O4. The van der Waals surface area contributed by atoms with Crippen LogP contribution in [0.3, 0.4) is 0 Å². The third kappa shape index (κ3) is 3.28. The highest BCUT2D eigenvalue weighted by Gasteiger charge is 2.29. The van der Waals surface area contributed by atoms with E-state index in [9.17, 15) is 9.59 Å². The Morgan fingerprint density at radius 2 is 2.03 bits per heavy atom. The van der Waals surface area contributed by atoms with Gasteiger partial charge in [-0.05, 0) is 49.1 Å². The van der Waals surface area contributed by atoms with Crippen molar-refractivity contribution in [1.82, 2.24) is 14.4 Å². The molecule has 6 rings (SSSR count). The minimum atomic E-state index is -0.247. The van der Waals surface area contributed by atoms with Crippen molar-refractivity contribution in [3.63, 3.8) is 0 Å². The number of ether oxygens (including phenoxy) is 2. The van der Waals surface area contributed by atoms with E-state index in [0.717, 1.165) is 41.9 Å². The molecule has 8 nitrogen and oxygen atoms in total. The van der Waals surface area contributed by atoms with Crippen LogP contribution in [0, 0.1) is 0 Å². The summed E-state index contributed by atoms with van der Waals surface area (Å²) in [6.07, 6.45) is 4.04. The summed E-state index contributed by atoms with van der Waals surface area (Å²) in [4.78, 5) is 35.8. The molecule has 174 valence electrons. The van der Waals surface area contributed by atoms with Crippen LogP contribution in [0.25, 0.3) is 16.6 Å². The number of imidazole rings is 1. The van der Waals surface area contributed by atoms with Gasteiger partial charge in [0, 0.05) is 42.5 Å². The molecule has 4 aromatic rings. The number of amides is 1. The molecule has 2 aliphatic rings. The van der Waals surface area contributed by atoms with E-state index in [4.69, 9.17) is 21.1 Å². The summed E-state index contributed by atoms with van der Waals surface area (Å²) in [6.45, 7) is 1.90. The monoisotopic (exact) mass is 478 g/mol. The van der Waals surface area contributed by atoms with Gasteiger partial charge in [-0.2, -0.15) is 0 Å². The number of nitrogens with zero attached hydrogens (tertiary/aromatic N) is 3. The van der Waals surface area contributed by atoms with Crippen LogP contribution >= 0.6 is 11.6 Å². The Bertz CT molecular complexity index is 1500. The lowest BCUT2D eigenvalue weighted by molar-refractivity contribution is 0.0835. The number of halogens is 1.